The normalized spacial score (nSPS) is 11.9. The Morgan fingerprint density at radius 1 is 0.943 bits per heavy atom. The van der Waals surface area contributed by atoms with Crippen LogP contribution in [-0.4, -0.2) is 58.9 Å². The van der Waals surface area contributed by atoms with Crippen molar-refractivity contribution in [2.75, 3.05) is 33.0 Å². The molecule has 0 aliphatic carbocycles. The predicted octanol–water partition coefficient (Wildman–Crippen LogP) is 5.41. The Hall–Kier alpha value is -2.27. The van der Waals surface area contributed by atoms with E-state index in [0.29, 0.717) is 70.3 Å². The molecule has 0 saturated carbocycles. The summed E-state index contributed by atoms with van der Waals surface area (Å²) in [4.78, 5) is 23.3. The Balaban J connectivity index is 2.20. The molecule has 1 aromatic carbocycles. The van der Waals surface area contributed by atoms with E-state index in [-0.39, 0.29) is 11.4 Å². The van der Waals surface area contributed by atoms with Crippen molar-refractivity contribution in [1.82, 2.24) is 5.32 Å². The number of nitrogens with one attached hydrogen (secondary N) is 1. The van der Waals surface area contributed by atoms with E-state index in [0.717, 1.165) is 12.8 Å². The summed E-state index contributed by atoms with van der Waals surface area (Å²) in [6.45, 7) is 8.02. The lowest BCUT2D eigenvalue weighted by Gasteiger charge is -2.28. The Morgan fingerprint density at radius 2 is 1.54 bits per heavy atom. The number of hydrogen-bond acceptors (Lipinski definition) is 6. The number of aliphatic carboxylic acids is 1. The van der Waals surface area contributed by atoms with Crippen LogP contribution in [0.4, 0.5) is 9.18 Å². The average molecular weight is 514 g/mol. The quantitative estimate of drug-likeness (QED) is 0.145. The Bertz CT molecular complexity index is 757. The number of rotatable bonds is 19. The van der Waals surface area contributed by atoms with E-state index < -0.39 is 20.9 Å². The molecule has 0 aromatic heterocycles. The van der Waals surface area contributed by atoms with Crippen LogP contribution in [0.15, 0.2) is 29.8 Å². The van der Waals surface area contributed by atoms with Crippen molar-refractivity contribution < 1.29 is 37.1 Å². The summed E-state index contributed by atoms with van der Waals surface area (Å²) in [6, 6.07) is 6.33. The molecule has 1 amide bonds. The van der Waals surface area contributed by atoms with Crippen LogP contribution in [0.5, 0.6) is 0 Å². The zero-order valence-corrected chi connectivity index (χ0v) is 22.1. The molecule has 198 valence electrons. The third kappa shape index (κ3) is 13.4. The molecule has 2 N–H and O–H groups in total. The summed E-state index contributed by atoms with van der Waals surface area (Å²) in [5, 5.41) is 12.1. The maximum atomic E-state index is 13.0. The Morgan fingerprint density at radius 3 is 2.11 bits per heavy atom. The van der Waals surface area contributed by atoms with Gasteiger partial charge in [0.2, 0.25) is 0 Å². The molecule has 35 heavy (non-hydrogen) atoms. The lowest BCUT2D eigenvalue weighted by atomic mass is 10.0. The smallest absolute Gasteiger partial charge is 0.478 e. The maximum Gasteiger partial charge on any atom is 0.500 e. The van der Waals surface area contributed by atoms with E-state index in [2.05, 4.69) is 5.32 Å². The number of amides is 1. The van der Waals surface area contributed by atoms with E-state index in [9.17, 15) is 19.1 Å². The molecule has 8 nitrogen and oxygen atoms in total. The van der Waals surface area contributed by atoms with Crippen LogP contribution in [0.1, 0.15) is 64.9 Å². The lowest BCUT2D eigenvalue weighted by molar-refractivity contribution is -0.132. The van der Waals surface area contributed by atoms with Crippen LogP contribution < -0.4 is 5.32 Å². The average Bonchev–Trinajstić information content (AvgIpc) is 2.82. The number of carbonyl (C=O) groups excluding carboxylic acids is 1. The Labute approximate surface area is 209 Å². The monoisotopic (exact) mass is 513 g/mol. The summed E-state index contributed by atoms with van der Waals surface area (Å²) >= 11 is 0. The number of halogens is 1. The van der Waals surface area contributed by atoms with Crippen LogP contribution in [0.2, 0.25) is 6.04 Å². The number of carboxylic acid groups (broad SMARTS) is 1. The van der Waals surface area contributed by atoms with Crippen molar-refractivity contribution in [2.24, 2.45) is 0 Å². The summed E-state index contributed by atoms with van der Waals surface area (Å²) in [5.41, 5.74) is 0.947. The number of unbranched alkanes of at least 4 members (excludes halogenated alkanes) is 3. The molecular weight excluding hydrogens is 473 g/mol. The van der Waals surface area contributed by atoms with E-state index in [1.54, 1.807) is 18.2 Å². The summed E-state index contributed by atoms with van der Waals surface area (Å²) in [6.07, 6.45) is 5.24. The standard InChI is InChI=1S/C25H40FNO7Si/c1-4-32-35(33-5-2,34-6-3)19-11-17-27-25(30)31-18-10-8-7-9-12-22(24(28)29)20-21-13-15-23(26)16-14-21/h13-16,20H,4-12,17-19H2,1-3H3,(H,27,30)(H,28,29)/b22-20+. The van der Waals surface area contributed by atoms with Gasteiger partial charge in [-0.3, -0.25) is 0 Å². The first-order chi connectivity index (χ1) is 16.9. The van der Waals surface area contributed by atoms with Gasteiger partial charge in [-0.1, -0.05) is 25.0 Å². The molecule has 0 saturated heterocycles. The van der Waals surface area contributed by atoms with Crippen molar-refractivity contribution in [3.63, 3.8) is 0 Å². The summed E-state index contributed by atoms with van der Waals surface area (Å²) in [7, 11) is -2.70. The van der Waals surface area contributed by atoms with Gasteiger partial charge in [-0.05, 0) is 70.2 Å². The fourth-order valence-corrected chi connectivity index (χ4v) is 6.10. The second-order valence-corrected chi connectivity index (χ2v) is 10.6. The number of benzene rings is 1. The molecule has 1 aromatic rings. The van der Waals surface area contributed by atoms with E-state index in [4.69, 9.17) is 18.0 Å². The molecule has 0 atom stereocenters. The van der Waals surface area contributed by atoms with Crippen molar-refractivity contribution >= 4 is 26.9 Å². The summed E-state index contributed by atoms with van der Waals surface area (Å²) < 4.78 is 35.6. The molecule has 0 heterocycles. The minimum absolute atomic E-state index is 0.289. The second kappa shape index (κ2) is 18.1. The molecule has 0 spiro atoms. The van der Waals surface area contributed by atoms with Crippen molar-refractivity contribution in [3.8, 4) is 0 Å². The van der Waals surface area contributed by atoms with Gasteiger partial charge in [0.15, 0.2) is 0 Å². The van der Waals surface area contributed by atoms with Crippen LogP contribution in [0.25, 0.3) is 6.08 Å². The number of alkyl carbamates (subject to hydrolysis) is 1. The highest BCUT2D eigenvalue weighted by atomic mass is 28.4. The van der Waals surface area contributed by atoms with Gasteiger partial charge in [0.1, 0.15) is 5.82 Å². The van der Waals surface area contributed by atoms with Crippen LogP contribution in [0, 0.1) is 5.82 Å². The van der Waals surface area contributed by atoms with Gasteiger partial charge in [0, 0.05) is 38.0 Å². The highest BCUT2D eigenvalue weighted by Gasteiger charge is 2.39. The van der Waals surface area contributed by atoms with Crippen LogP contribution in [0.3, 0.4) is 0 Å². The number of carbonyl (C=O) groups is 2. The molecule has 0 bridgehead atoms. The van der Waals surface area contributed by atoms with Crippen LogP contribution >= 0.6 is 0 Å². The molecule has 0 aliphatic rings. The third-order valence-corrected chi connectivity index (χ3v) is 8.23. The van der Waals surface area contributed by atoms with Gasteiger partial charge >= 0.3 is 20.9 Å². The first-order valence-electron chi connectivity index (χ1n) is 12.4. The van der Waals surface area contributed by atoms with Crippen molar-refractivity contribution in [1.29, 1.82) is 0 Å². The van der Waals surface area contributed by atoms with Gasteiger partial charge in [-0.15, -0.1) is 0 Å². The molecule has 0 aliphatic heterocycles. The van der Waals surface area contributed by atoms with Gasteiger partial charge in [-0.2, -0.15) is 0 Å². The minimum Gasteiger partial charge on any atom is -0.478 e. The fourth-order valence-electron chi connectivity index (χ4n) is 3.48. The van der Waals surface area contributed by atoms with Gasteiger partial charge in [-0.25, -0.2) is 14.0 Å². The number of ether oxygens (including phenoxy) is 1. The summed E-state index contributed by atoms with van der Waals surface area (Å²) in [5.74, 6) is -1.33. The molecular formula is C25H40FNO7Si. The fraction of sp³-hybridized carbons (Fsp3) is 0.600. The zero-order valence-electron chi connectivity index (χ0n) is 21.1. The van der Waals surface area contributed by atoms with Gasteiger partial charge in [0.25, 0.3) is 0 Å². The third-order valence-electron chi connectivity index (χ3n) is 5.08. The van der Waals surface area contributed by atoms with E-state index in [1.807, 2.05) is 20.8 Å². The van der Waals surface area contributed by atoms with E-state index >= 15 is 0 Å². The van der Waals surface area contributed by atoms with Crippen LogP contribution in [-0.2, 0) is 22.8 Å². The topological polar surface area (TPSA) is 103 Å². The maximum absolute atomic E-state index is 13.0. The highest BCUT2D eigenvalue weighted by Crippen LogP contribution is 2.18. The van der Waals surface area contributed by atoms with Gasteiger partial charge in [0.05, 0.1) is 6.61 Å². The van der Waals surface area contributed by atoms with E-state index in [1.165, 1.54) is 12.1 Å². The van der Waals surface area contributed by atoms with Gasteiger partial charge < -0.3 is 28.4 Å². The first-order valence-corrected chi connectivity index (χ1v) is 14.3. The molecule has 1 rings (SSSR count). The molecule has 10 heteroatoms. The first kappa shape index (κ1) is 30.8. The molecule has 0 radical (unpaired) electrons. The number of hydrogen-bond donors (Lipinski definition) is 2. The molecule has 0 unspecified atom stereocenters. The van der Waals surface area contributed by atoms with Crippen molar-refractivity contribution in [3.05, 3.63) is 41.2 Å². The lowest BCUT2D eigenvalue weighted by Crippen LogP contribution is -2.46. The minimum atomic E-state index is -2.70. The number of carboxylic acids is 1. The largest absolute Gasteiger partial charge is 0.500 e. The van der Waals surface area contributed by atoms with Crippen molar-refractivity contribution in [2.45, 2.75) is 65.3 Å². The SMILES string of the molecule is CCO[Si](CCCNC(=O)OCCCCCC/C(=C\c1ccc(F)cc1)C(=O)O)(OCC)OCC. The zero-order chi connectivity index (χ0) is 25.9. The second-order valence-electron chi connectivity index (χ2n) is 7.84. The molecule has 0 fully saturated rings. The Kier molecular flexibility index (Phi) is 15.9. The highest BCUT2D eigenvalue weighted by molar-refractivity contribution is 6.60. The predicted molar refractivity (Wildman–Crippen MR) is 135 cm³/mol.